The van der Waals surface area contributed by atoms with E-state index in [-0.39, 0.29) is 30.2 Å². The molecule has 0 fully saturated rings. The van der Waals surface area contributed by atoms with Gasteiger partial charge >= 0.3 is 89.5 Å². The van der Waals surface area contributed by atoms with Gasteiger partial charge in [0.05, 0.1) is 0 Å². The van der Waals surface area contributed by atoms with Crippen molar-refractivity contribution >= 4 is 3.71 Å². The van der Waals surface area contributed by atoms with Gasteiger partial charge in [-0.2, -0.15) is 35.9 Å². The third-order valence-electron chi connectivity index (χ3n) is 6.10. The largest absolute Gasteiger partial charge is 1.00 e. The van der Waals surface area contributed by atoms with E-state index in [4.69, 9.17) is 0 Å². The molecule has 35 heavy (non-hydrogen) atoms. The second-order valence-electron chi connectivity index (χ2n) is 9.82. The Kier molecular flexibility index (Phi) is 12.8. The number of hydrogen-bond acceptors (Lipinski definition) is 0. The Morgan fingerprint density at radius 1 is 0.886 bits per heavy atom. The number of hydrogen-bond donors (Lipinski definition) is 0. The molecule has 1 unspecified atom stereocenters. The normalized spacial score (nSPS) is 14.8. The topological polar surface area (TPSA) is 0 Å². The molecule has 0 N–H and O–H groups in total. The maximum Gasteiger partial charge on any atom is -0.0253 e. The second kappa shape index (κ2) is 14.3. The minimum Gasteiger partial charge on any atom is -1.00 e. The van der Waals surface area contributed by atoms with Crippen LogP contribution in [0.4, 0.5) is 0 Å². The van der Waals surface area contributed by atoms with Crippen molar-refractivity contribution < 1.29 is 49.0 Å². The summed E-state index contributed by atoms with van der Waals surface area (Å²) in [6, 6.07) is 26.9. The first-order chi connectivity index (χ1) is 15.7. The van der Waals surface area contributed by atoms with E-state index in [1.807, 2.05) is 6.07 Å². The van der Waals surface area contributed by atoms with Crippen molar-refractivity contribution in [1.29, 1.82) is 0 Å². The van der Waals surface area contributed by atoms with E-state index in [2.05, 4.69) is 124 Å². The van der Waals surface area contributed by atoms with Crippen LogP contribution in [0, 0.1) is 18.1 Å². The Labute approximate surface area is 240 Å². The molecule has 0 amide bonds. The number of rotatable bonds is 1. The summed E-state index contributed by atoms with van der Waals surface area (Å²) in [6.45, 7) is 13.1. The predicted octanol–water partition coefficient (Wildman–Crippen LogP) is 2.08. The monoisotopic (exact) mass is 578 g/mol. The molecule has 0 saturated carbocycles. The Hall–Kier alpha value is -1.53. The van der Waals surface area contributed by atoms with Crippen LogP contribution in [0.5, 0.6) is 0 Å². The fourth-order valence-electron chi connectivity index (χ4n) is 4.07. The van der Waals surface area contributed by atoms with Crippen LogP contribution >= 0.6 is 0 Å². The number of allylic oxidation sites excluding steroid dienone is 4. The maximum atomic E-state index is 3.30. The molecular weight excluding hydrogens is 546 g/mol. The molecule has 0 aliphatic heterocycles. The molecule has 182 valence electrons. The Morgan fingerprint density at radius 3 is 2.03 bits per heavy atom. The zero-order valence-electron chi connectivity index (χ0n) is 21.5. The zero-order valence-corrected chi connectivity index (χ0v) is 25.5. The van der Waals surface area contributed by atoms with Crippen LogP contribution in [-0.2, 0) is 36.1 Å². The molecule has 3 aromatic rings. The summed E-state index contributed by atoms with van der Waals surface area (Å²) in [7, 11) is 0. The number of fused-ring (bicyclic) bond motifs is 3. The van der Waals surface area contributed by atoms with Crippen LogP contribution in [0.3, 0.4) is 0 Å². The SMILES string of the molecule is CC(C)(C)c1ccc([CH]=[Zr+2])cc1.CC1=[C-]C(C)C=C1C.[Cl-].[Cl-].[c-]1cccc2c1Cc1ccccc1-2. The molecule has 2 aliphatic carbocycles. The molecular formula is C32H34Cl2Zr-2. The van der Waals surface area contributed by atoms with Gasteiger partial charge in [0.2, 0.25) is 0 Å². The molecule has 0 saturated heterocycles. The van der Waals surface area contributed by atoms with Crippen molar-refractivity contribution in [2.24, 2.45) is 5.92 Å². The van der Waals surface area contributed by atoms with E-state index < -0.39 is 0 Å². The molecule has 5 rings (SSSR count). The summed E-state index contributed by atoms with van der Waals surface area (Å²) in [4.78, 5) is 0. The Balaban J connectivity index is 0.000000262. The van der Waals surface area contributed by atoms with Gasteiger partial charge in [0.15, 0.2) is 0 Å². The van der Waals surface area contributed by atoms with Crippen molar-refractivity contribution in [2.45, 2.75) is 53.4 Å². The van der Waals surface area contributed by atoms with Gasteiger partial charge in [-0.05, 0) is 6.42 Å². The van der Waals surface area contributed by atoms with Gasteiger partial charge in [-0.25, -0.2) is 11.1 Å². The zero-order chi connectivity index (χ0) is 24.0. The maximum absolute atomic E-state index is 3.30. The average molecular weight is 581 g/mol. The summed E-state index contributed by atoms with van der Waals surface area (Å²) in [6.07, 6.45) is 6.57. The van der Waals surface area contributed by atoms with Crippen molar-refractivity contribution in [3.05, 3.63) is 118 Å². The summed E-state index contributed by atoms with van der Waals surface area (Å²) >= 11 is 1.46. The van der Waals surface area contributed by atoms with Gasteiger partial charge in [-0.1, -0.05) is 55.2 Å². The summed E-state index contributed by atoms with van der Waals surface area (Å²) in [5.41, 5.74) is 11.2. The van der Waals surface area contributed by atoms with Crippen LogP contribution in [0.25, 0.3) is 11.1 Å². The summed E-state index contributed by atoms with van der Waals surface area (Å²) in [5, 5.41) is 0. The molecule has 3 heteroatoms. The van der Waals surface area contributed by atoms with Gasteiger partial charge in [-0.15, -0.1) is 12.5 Å². The van der Waals surface area contributed by atoms with Crippen LogP contribution in [-0.4, -0.2) is 3.71 Å². The number of halogens is 2. The molecule has 0 radical (unpaired) electrons. The number of benzene rings is 3. The van der Waals surface area contributed by atoms with Gasteiger partial charge in [0, 0.05) is 0 Å². The van der Waals surface area contributed by atoms with E-state index in [1.165, 1.54) is 68.8 Å². The first-order valence-corrected chi connectivity index (χ1v) is 13.1. The first-order valence-electron chi connectivity index (χ1n) is 11.7. The van der Waals surface area contributed by atoms with E-state index in [0.29, 0.717) is 5.92 Å². The van der Waals surface area contributed by atoms with Crippen molar-refractivity contribution in [3.8, 4) is 11.1 Å². The van der Waals surface area contributed by atoms with Crippen LogP contribution in [0.1, 0.15) is 63.8 Å². The minimum atomic E-state index is 0. The molecule has 3 aromatic carbocycles. The van der Waals surface area contributed by atoms with Crippen molar-refractivity contribution in [1.82, 2.24) is 0 Å². The third-order valence-corrected chi connectivity index (χ3v) is 6.91. The Bertz CT molecular complexity index is 1100. The van der Waals surface area contributed by atoms with Gasteiger partial charge in [-0.3, -0.25) is 6.08 Å². The first kappa shape index (κ1) is 31.5. The average Bonchev–Trinajstić information content (AvgIpc) is 3.32. The molecule has 0 bridgehead atoms. The van der Waals surface area contributed by atoms with Gasteiger partial charge in [0.25, 0.3) is 0 Å². The van der Waals surface area contributed by atoms with E-state index in [0.717, 1.165) is 6.42 Å². The fraction of sp³-hybridized carbons (Fsp3) is 0.281. The van der Waals surface area contributed by atoms with Crippen LogP contribution in [0.15, 0.2) is 84.0 Å². The van der Waals surface area contributed by atoms with E-state index >= 15 is 0 Å². The van der Waals surface area contributed by atoms with Crippen molar-refractivity contribution in [2.75, 3.05) is 0 Å². The van der Waals surface area contributed by atoms with Crippen molar-refractivity contribution in [3.63, 3.8) is 0 Å². The predicted molar refractivity (Wildman–Crippen MR) is 139 cm³/mol. The smallest absolute Gasteiger partial charge is 0.0253 e. The standard InChI is InChI=1S/C13H9.C11H14.C8H11.2ClH.Zr/c1-3-7-12-10(5-1)9-11-6-2-4-8-13(11)12;1-9-5-7-10(8-6-9)11(2,3)4;1-6-4-7(2)8(3)5-6;;;/h1-5,7-8H,9H2;1,5-8H,2-4H3;4,6H,1-3H3;2*1H;/q-1;;-1;;;+2/p-2. The molecule has 0 aromatic heterocycles. The summed E-state index contributed by atoms with van der Waals surface area (Å²) < 4.78 is 2.21. The second-order valence-corrected chi connectivity index (χ2v) is 10.5. The quantitative estimate of drug-likeness (QED) is 0.303. The van der Waals surface area contributed by atoms with E-state index in [1.54, 1.807) is 0 Å². The molecule has 1 atom stereocenters. The summed E-state index contributed by atoms with van der Waals surface area (Å²) in [5.74, 6) is 0.551. The third kappa shape index (κ3) is 8.82. The fourth-order valence-corrected chi connectivity index (χ4v) is 4.55. The molecule has 0 heterocycles. The van der Waals surface area contributed by atoms with Crippen LogP contribution in [0.2, 0.25) is 0 Å². The van der Waals surface area contributed by atoms with Gasteiger partial charge in [0.1, 0.15) is 0 Å². The molecule has 0 nitrogen and oxygen atoms in total. The molecule has 0 spiro atoms. The van der Waals surface area contributed by atoms with E-state index in [9.17, 15) is 0 Å². The molecule has 2 aliphatic rings. The Morgan fingerprint density at radius 2 is 1.51 bits per heavy atom. The minimum absolute atomic E-state index is 0. The van der Waals surface area contributed by atoms with Crippen LogP contribution < -0.4 is 24.8 Å². The van der Waals surface area contributed by atoms with Gasteiger partial charge < -0.3 is 24.8 Å².